The quantitative estimate of drug-likeness (QED) is 0.627. The van der Waals surface area contributed by atoms with Gasteiger partial charge in [0.15, 0.2) is 11.3 Å². The van der Waals surface area contributed by atoms with Crippen LogP contribution in [-0.4, -0.2) is 25.8 Å². The average molecular weight is 311 g/mol. The van der Waals surface area contributed by atoms with Crippen molar-refractivity contribution in [3.63, 3.8) is 0 Å². The van der Waals surface area contributed by atoms with E-state index < -0.39 is 5.97 Å². The average Bonchev–Trinajstić information content (AvgIpc) is 3.24. The van der Waals surface area contributed by atoms with Crippen molar-refractivity contribution in [2.24, 2.45) is 0 Å². The fourth-order valence-electron chi connectivity index (χ4n) is 2.18. The van der Waals surface area contributed by atoms with E-state index in [0.717, 1.165) is 4.88 Å². The molecule has 0 saturated heterocycles. The third-order valence-corrected chi connectivity index (χ3v) is 4.06. The summed E-state index contributed by atoms with van der Waals surface area (Å²) < 4.78 is 7.11. The van der Waals surface area contributed by atoms with Crippen LogP contribution >= 0.6 is 11.3 Å². The minimum atomic E-state index is -1.09. The maximum atomic E-state index is 11.2. The van der Waals surface area contributed by atoms with Gasteiger partial charge in [-0.3, -0.25) is 0 Å². The number of carbonyl (C=O) groups is 1. The maximum Gasteiger partial charge on any atom is 0.356 e. The minimum absolute atomic E-state index is 0.0503. The summed E-state index contributed by atoms with van der Waals surface area (Å²) in [5.41, 5.74) is 1.91. The molecule has 0 aliphatic heterocycles. The molecule has 0 saturated carbocycles. The Bertz CT molecular complexity index is 936. The normalized spacial score (nSPS) is 11.1. The first kappa shape index (κ1) is 12.8. The van der Waals surface area contributed by atoms with Gasteiger partial charge in [-0.1, -0.05) is 18.2 Å². The molecule has 0 bridgehead atoms. The van der Waals surface area contributed by atoms with Crippen LogP contribution in [0.15, 0.2) is 52.3 Å². The highest BCUT2D eigenvalue weighted by atomic mass is 32.1. The lowest BCUT2D eigenvalue weighted by Gasteiger charge is -1.99. The Labute approximate surface area is 128 Å². The van der Waals surface area contributed by atoms with E-state index in [1.807, 2.05) is 35.7 Å². The number of carboxylic acids is 1. The molecule has 6 nitrogen and oxygen atoms in total. The van der Waals surface area contributed by atoms with Crippen molar-refractivity contribution in [1.82, 2.24) is 14.8 Å². The molecule has 0 spiro atoms. The van der Waals surface area contributed by atoms with Gasteiger partial charge in [-0.05, 0) is 23.6 Å². The van der Waals surface area contributed by atoms with Crippen molar-refractivity contribution in [2.75, 3.05) is 0 Å². The molecule has 108 valence electrons. The van der Waals surface area contributed by atoms with Gasteiger partial charge < -0.3 is 9.52 Å². The highest BCUT2D eigenvalue weighted by Crippen LogP contribution is 2.29. The van der Waals surface area contributed by atoms with Gasteiger partial charge >= 0.3 is 12.0 Å². The van der Waals surface area contributed by atoms with Crippen molar-refractivity contribution < 1.29 is 14.3 Å². The van der Waals surface area contributed by atoms with E-state index in [1.54, 1.807) is 6.07 Å². The first-order valence-electron chi connectivity index (χ1n) is 6.45. The molecule has 3 aromatic heterocycles. The van der Waals surface area contributed by atoms with Crippen LogP contribution in [0.5, 0.6) is 0 Å². The molecule has 0 atom stereocenters. The SMILES string of the molecule is O=C(O)c1cc(-c2cccs2)n(-c2nc3ccccc3o2)n1. The van der Waals surface area contributed by atoms with Crippen LogP contribution < -0.4 is 0 Å². The zero-order valence-corrected chi connectivity index (χ0v) is 11.9. The Morgan fingerprint density at radius 3 is 2.82 bits per heavy atom. The van der Waals surface area contributed by atoms with Crippen LogP contribution in [0, 0.1) is 0 Å². The highest BCUT2D eigenvalue weighted by Gasteiger charge is 2.19. The Morgan fingerprint density at radius 2 is 2.09 bits per heavy atom. The van der Waals surface area contributed by atoms with Gasteiger partial charge in [0.25, 0.3) is 0 Å². The van der Waals surface area contributed by atoms with Crippen LogP contribution in [-0.2, 0) is 0 Å². The fraction of sp³-hybridized carbons (Fsp3) is 0. The van der Waals surface area contributed by atoms with Crippen molar-refractivity contribution in [1.29, 1.82) is 0 Å². The van der Waals surface area contributed by atoms with Gasteiger partial charge in [-0.15, -0.1) is 11.3 Å². The fourth-order valence-corrected chi connectivity index (χ4v) is 2.91. The van der Waals surface area contributed by atoms with Crippen LogP contribution in [0.25, 0.3) is 27.7 Å². The van der Waals surface area contributed by atoms with Gasteiger partial charge in [0.1, 0.15) is 5.52 Å². The van der Waals surface area contributed by atoms with Gasteiger partial charge in [-0.2, -0.15) is 14.8 Å². The molecule has 0 aliphatic carbocycles. The molecule has 1 aromatic carbocycles. The Balaban J connectivity index is 1.95. The summed E-state index contributed by atoms with van der Waals surface area (Å²) in [7, 11) is 0. The van der Waals surface area contributed by atoms with Crippen LogP contribution in [0.1, 0.15) is 10.5 Å². The number of carboxylic acid groups (broad SMARTS) is 1. The third-order valence-electron chi connectivity index (χ3n) is 3.17. The van der Waals surface area contributed by atoms with Crippen LogP contribution in [0.3, 0.4) is 0 Å². The number of nitrogens with zero attached hydrogens (tertiary/aromatic N) is 3. The van der Waals surface area contributed by atoms with E-state index in [4.69, 9.17) is 4.42 Å². The lowest BCUT2D eigenvalue weighted by molar-refractivity contribution is 0.0690. The number of fused-ring (bicyclic) bond motifs is 1. The van der Waals surface area contributed by atoms with E-state index in [2.05, 4.69) is 10.1 Å². The molecule has 0 radical (unpaired) electrons. The van der Waals surface area contributed by atoms with Gasteiger partial charge in [0.2, 0.25) is 0 Å². The molecule has 0 unspecified atom stereocenters. The number of benzene rings is 1. The number of hydrogen-bond donors (Lipinski definition) is 1. The molecule has 1 N–H and O–H groups in total. The van der Waals surface area contributed by atoms with Crippen LogP contribution in [0.2, 0.25) is 0 Å². The van der Waals surface area contributed by atoms with Crippen molar-refractivity contribution in [3.05, 3.63) is 53.5 Å². The molecule has 0 aliphatic rings. The summed E-state index contributed by atoms with van der Waals surface area (Å²) in [6.07, 6.45) is 0. The summed E-state index contributed by atoms with van der Waals surface area (Å²) in [5, 5.41) is 15.2. The molecule has 0 amide bonds. The van der Waals surface area contributed by atoms with Crippen LogP contribution in [0.4, 0.5) is 0 Å². The largest absolute Gasteiger partial charge is 0.476 e. The smallest absolute Gasteiger partial charge is 0.356 e. The summed E-state index contributed by atoms with van der Waals surface area (Å²) in [6.45, 7) is 0. The maximum absolute atomic E-state index is 11.2. The number of hydrogen-bond acceptors (Lipinski definition) is 5. The van der Waals surface area contributed by atoms with E-state index in [0.29, 0.717) is 16.8 Å². The standard InChI is InChI=1S/C15H9N3O3S/c19-14(20)10-8-11(13-6-3-7-22-13)18(17-10)15-16-9-4-1-2-5-12(9)21-15/h1-8H,(H,19,20). The number of rotatable bonds is 3. The van der Waals surface area contributed by atoms with Gasteiger partial charge in [-0.25, -0.2) is 4.79 Å². The first-order chi connectivity index (χ1) is 10.7. The molecule has 22 heavy (non-hydrogen) atoms. The number of aromatic carboxylic acids is 1. The second kappa shape index (κ2) is 4.81. The second-order valence-corrected chi connectivity index (χ2v) is 5.52. The molecule has 4 aromatic rings. The first-order valence-corrected chi connectivity index (χ1v) is 7.33. The van der Waals surface area contributed by atoms with Crippen molar-refractivity contribution in [3.8, 4) is 16.6 Å². The number of para-hydroxylation sites is 2. The van der Waals surface area contributed by atoms with E-state index in [1.165, 1.54) is 22.1 Å². The van der Waals surface area contributed by atoms with Crippen molar-refractivity contribution in [2.45, 2.75) is 0 Å². The molecule has 3 heterocycles. The Hall–Kier alpha value is -2.93. The van der Waals surface area contributed by atoms with E-state index >= 15 is 0 Å². The zero-order chi connectivity index (χ0) is 15.1. The highest BCUT2D eigenvalue weighted by molar-refractivity contribution is 7.13. The summed E-state index contributed by atoms with van der Waals surface area (Å²) in [5.74, 6) is -1.09. The predicted molar refractivity (Wildman–Crippen MR) is 81.4 cm³/mol. The number of aromatic nitrogens is 3. The lowest BCUT2D eigenvalue weighted by atomic mass is 10.3. The van der Waals surface area contributed by atoms with Gasteiger partial charge in [0.05, 0.1) is 10.6 Å². The van der Waals surface area contributed by atoms with Gasteiger partial charge in [0, 0.05) is 6.07 Å². The topological polar surface area (TPSA) is 81.1 Å². The predicted octanol–water partition coefficient (Wildman–Crippen LogP) is 3.44. The summed E-state index contributed by atoms with van der Waals surface area (Å²) >= 11 is 1.49. The van der Waals surface area contributed by atoms with E-state index in [9.17, 15) is 9.90 Å². The summed E-state index contributed by atoms with van der Waals surface area (Å²) in [6, 6.07) is 12.9. The van der Waals surface area contributed by atoms with Crippen molar-refractivity contribution >= 4 is 28.4 Å². The Kier molecular flexibility index (Phi) is 2.80. The monoisotopic (exact) mass is 311 g/mol. The molecular weight excluding hydrogens is 302 g/mol. The van der Waals surface area contributed by atoms with E-state index in [-0.39, 0.29) is 11.7 Å². The molecular formula is C15H9N3O3S. The molecule has 0 fully saturated rings. The molecule has 4 rings (SSSR count). The summed E-state index contributed by atoms with van der Waals surface area (Å²) in [4.78, 5) is 16.5. The lowest BCUT2D eigenvalue weighted by Crippen LogP contribution is -2.02. The Morgan fingerprint density at radius 1 is 1.23 bits per heavy atom. The zero-order valence-electron chi connectivity index (χ0n) is 11.1. The number of oxazole rings is 1. The molecule has 7 heteroatoms. The number of thiophene rings is 1. The third kappa shape index (κ3) is 1.99. The second-order valence-electron chi connectivity index (χ2n) is 4.57. The minimum Gasteiger partial charge on any atom is -0.476 e.